The molecule has 2 aromatic carbocycles. The minimum absolute atomic E-state index is 0.354. The van der Waals surface area contributed by atoms with Gasteiger partial charge in [-0.05, 0) is 55.8 Å². The number of carbonyl (C=O) groups excluding carboxylic acids is 1. The summed E-state index contributed by atoms with van der Waals surface area (Å²) in [7, 11) is 0. The highest BCUT2D eigenvalue weighted by molar-refractivity contribution is 5.95. The average Bonchev–Trinajstić information content (AvgIpc) is 3.12. The Morgan fingerprint density at radius 1 is 1.21 bits per heavy atom. The Morgan fingerprint density at radius 2 is 1.90 bits per heavy atom. The SMILES string of the molecule is CCOc1ccc(-c2nc3n(n2)C(c2ccc(F)cc2)C(C(N)=O)=C(C)N3)cc1. The van der Waals surface area contributed by atoms with Crippen LogP contribution in [0.2, 0.25) is 0 Å². The van der Waals surface area contributed by atoms with E-state index in [1.54, 1.807) is 23.7 Å². The maximum Gasteiger partial charge on any atom is 0.248 e. The largest absolute Gasteiger partial charge is 0.494 e. The van der Waals surface area contributed by atoms with Crippen molar-refractivity contribution in [2.24, 2.45) is 5.73 Å². The van der Waals surface area contributed by atoms with E-state index in [0.717, 1.165) is 11.3 Å². The van der Waals surface area contributed by atoms with Crippen LogP contribution in [0.4, 0.5) is 10.3 Å². The first-order valence-corrected chi connectivity index (χ1v) is 9.20. The zero-order valence-electron chi connectivity index (χ0n) is 16.0. The van der Waals surface area contributed by atoms with Crippen LogP contribution in [0, 0.1) is 5.82 Å². The molecule has 8 heteroatoms. The van der Waals surface area contributed by atoms with E-state index in [4.69, 9.17) is 10.5 Å². The van der Waals surface area contributed by atoms with Crippen molar-refractivity contribution < 1.29 is 13.9 Å². The van der Waals surface area contributed by atoms with Crippen LogP contribution < -0.4 is 15.8 Å². The van der Waals surface area contributed by atoms with Gasteiger partial charge in [0.2, 0.25) is 11.9 Å². The first-order valence-electron chi connectivity index (χ1n) is 9.20. The Balaban J connectivity index is 1.79. The van der Waals surface area contributed by atoms with Gasteiger partial charge in [0, 0.05) is 11.3 Å². The third-order valence-electron chi connectivity index (χ3n) is 4.73. The molecule has 0 aliphatic carbocycles. The third kappa shape index (κ3) is 3.44. The van der Waals surface area contributed by atoms with Gasteiger partial charge >= 0.3 is 0 Å². The molecule has 3 N–H and O–H groups in total. The number of ether oxygens (including phenoxy) is 1. The Kier molecular flexibility index (Phi) is 4.75. The lowest BCUT2D eigenvalue weighted by Crippen LogP contribution is -2.31. The Hall–Kier alpha value is -3.68. The number of rotatable bonds is 5. The summed E-state index contributed by atoms with van der Waals surface area (Å²) < 4.78 is 20.5. The van der Waals surface area contributed by atoms with Gasteiger partial charge in [-0.2, -0.15) is 4.98 Å². The van der Waals surface area contributed by atoms with Crippen molar-refractivity contribution in [1.82, 2.24) is 14.8 Å². The van der Waals surface area contributed by atoms with Crippen LogP contribution in [0.15, 0.2) is 59.8 Å². The van der Waals surface area contributed by atoms with Gasteiger partial charge in [-0.25, -0.2) is 9.07 Å². The zero-order chi connectivity index (χ0) is 20.5. The van der Waals surface area contributed by atoms with E-state index < -0.39 is 11.9 Å². The van der Waals surface area contributed by atoms with Crippen LogP contribution in [0.5, 0.6) is 5.75 Å². The molecule has 0 fully saturated rings. The number of fused-ring (bicyclic) bond motifs is 1. The third-order valence-corrected chi connectivity index (χ3v) is 4.73. The highest BCUT2D eigenvalue weighted by atomic mass is 19.1. The van der Waals surface area contributed by atoms with Gasteiger partial charge in [0.05, 0.1) is 12.2 Å². The van der Waals surface area contributed by atoms with Crippen molar-refractivity contribution in [3.63, 3.8) is 0 Å². The van der Waals surface area contributed by atoms with E-state index in [2.05, 4.69) is 15.4 Å². The number of aromatic nitrogens is 3. The van der Waals surface area contributed by atoms with Crippen LogP contribution in [-0.2, 0) is 4.79 Å². The number of carbonyl (C=O) groups is 1. The molecule has 0 saturated carbocycles. The number of hydrogen-bond donors (Lipinski definition) is 2. The normalized spacial score (nSPS) is 15.6. The molecule has 1 aliphatic heterocycles. The molecule has 3 aromatic rings. The molecule has 7 nitrogen and oxygen atoms in total. The Labute approximate surface area is 167 Å². The van der Waals surface area contributed by atoms with Crippen LogP contribution in [-0.4, -0.2) is 27.3 Å². The first kappa shape index (κ1) is 18.7. The fourth-order valence-electron chi connectivity index (χ4n) is 3.41. The first-order chi connectivity index (χ1) is 14.0. The maximum absolute atomic E-state index is 13.4. The molecular formula is C21H20FN5O2. The van der Waals surface area contributed by atoms with E-state index in [-0.39, 0.29) is 5.82 Å². The van der Waals surface area contributed by atoms with Crippen molar-refractivity contribution in [3.8, 4) is 17.1 Å². The van der Waals surface area contributed by atoms with Crippen molar-refractivity contribution in [2.45, 2.75) is 19.9 Å². The van der Waals surface area contributed by atoms with Gasteiger partial charge in [-0.3, -0.25) is 4.79 Å². The predicted molar refractivity (Wildman–Crippen MR) is 107 cm³/mol. The minimum atomic E-state index is -0.603. The molecule has 29 heavy (non-hydrogen) atoms. The molecule has 1 amide bonds. The maximum atomic E-state index is 13.4. The average molecular weight is 393 g/mol. The number of anilines is 1. The van der Waals surface area contributed by atoms with Crippen molar-refractivity contribution in [2.75, 3.05) is 11.9 Å². The van der Waals surface area contributed by atoms with E-state index in [1.165, 1.54) is 12.1 Å². The second kappa shape index (κ2) is 7.38. The molecule has 148 valence electrons. The van der Waals surface area contributed by atoms with E-state index in [1.807, 2.05) is 31.2 Å². The highest BCUT2D eigenvalue weighted by Crippen LogP contribution is 2.36. The van der Waals surface area contributed by atoms with Crippen molar-refractivity contribution >= 4 is 11.9 Å². The van der Waals surface area contributed by atoms with Gasteiger partial charge in [0.15, 0.2) is 5.82 Å². The minimum Gasteiger partial charge on any atom is -0.494 e. The van der Waals surface area contributed by atoms with Crippen LogP contribution in [0.3, 0.4) is 0 Å². The van der Waals surface area contributed by atoms with E-state index in [0.29, 0.717) is 35.2 Å². The Morgan fingerprint density at radius 3 is 2.52 bits per heavy atom. The summed E-state index contributed by atoms with van der Waals surface area (Å²) in [5.74, 6) is 0.786. The molecule has 0 radical (unpaired) electrons. The molecule has 0 bridgehead atoms. The standard InChI is InChI=1S/C21H20FN5O2/c1-3-29-16-10-6-14(7-11-16)20-25-21-24-12(2)17(19(23)28)18(27(21)26-20)13-4-8-15(22)9-5-13/h4-11,18H,3H2,1-2H3,(H2,23,28)(H,24,25,26). The van der Waals surface area contributed by atoms with Gasteiger partial charge in [-0.1, -0.05) is 12.1 Å². The van der Waals surface area contributed by atoms with E-state index >= 15 is 0 Å². The fourth-order valence-corrected chi connectivity index (χ4v) is 3.41. The summed E-state index contributed by atoms with van der Waals surface area (Å²) in [5.41, 5.74) is 8.08. The van der Waals surface area contributed by atoms with E-state index in [9.17, 15) is 9.18 Å². The summed E-state index contributed by atoms with van der Waals surface area (Å²) in [6.45, 7) is 4.26. The second-order valence-corrected chi connectivity index (χ2v) is 6.64. The van der Waals surface area contributed by atoms with Crippen molar-refractivity contribution in [3.05, 3.63) is 71.2 Å². The Bertz CT molecular complexity index is 1090. The zero-order valence-corrected chi connectivity index (χ0v) is 16.0. The topological polar surface area (TPSA) is 95.1 Å². The number of hydrogen-bond acceptors (Lipinski definition) is 5. The van der Waals surface area contributed by atoms with Gasteiger partial charge < -0.3 is 15.8 Å². The number of nitrogens with two attached hydrogens (primary N) is 1. The molecule has 1 atom stereocenters. The number of halogens is 1. The number of primary amides is 1. The summed E-state index contributed by atoms with van der Waals surface area (Å²) in [4.78, 5) is 16.7. The summed E-state index contributed by atoms with van der Waals surface area (Å²) in [6, 6.07) is 12.7. The smallest absolute Gasteiger partial charge is 0.248 e. The number of nitrogens with zero attached hydrogens (tertiary/aromatic N) is 3. The molecule has 4 rings (SSSR count). The van der Waals surface area contributed by atoms with Gasteiger partial charge in [-0.15, -0.1) is 5.10 Å². The number of amides is 1. The monoisotopic (exact) mass is 393 g/mol. The van der Waals surface area contributed by atoms with Crippen LogP contribution in [0.25, 0.3) is 11.4 Å². The molecule has 0 saturated heterocycles. The second-order valence-electron chi connectivity index (χ2n) is 6.64. The number of benzene rings is 2. The lowest BCUT2D eigenvalue weighted by molar-refractivity contribution is -0.115. The van der Waals surface area contributed by atoms with Crippen LogP contribution >= 0.6 is 0 Å². The molecule has 1 aromatic heterocycles. The predicted octanol–water partition coefficient (Wildman–Crippen LogP) is 3.26. The lowest BCUT2D eigenvalue weighted by atomic mass is 9.95. The van der Waals surface area contributed by atoms with Gasteiger partial charge in [0.1, 0.15) is 17.6 Å². The molecular weight excluding hydrogens is 373 g/mol. The highest BCUT2D eigenvalue weighted by Gasteiger charge is 2.33. The molecule has 1 unspecified atom stereocenters. The number of nitrogens with one attached hydrogen (secondary N) is 1. The summed E-state index contributed by atoms with van der Waals surface area (Å²) in [5, 5.41) is 7.70. The van der Waals surface area contributed by atoms with Crippen molar-refractivity contribution in [1.29, 1.82) is 0 Å². The molecule has 1 aliphatic rings. The number of allylic oxidation sites excluding steroid dienone is 1. The molecule has 2 heterocycles. The van der Waals surface area contributed by atoms with Gasteiger partial charge in [0.25, 0.3) is 0 Å². The van der Waals surface area contributed by atoms with Crippen LogP contribution in [0.1, 0.15) is 25.5 Å². The quantitative estimate of drug-likeness (QED) is 0.694. The molecule has 0 spiro atoms. The fraction of sp³-hybridized carbons (Fsp3) is 0.190. The summed E-state index contributed by atoms with van der Waals surface area (Å²) >= 11 is 0. The summed E-state index contributed by atoms with van der Waals surface area (Å²) in [6.07, 6.45) is 0. The lowest BCUT2D eigenvalue weighted by Gasteiger charge is -2.27.